The Morgan fingerprint density at radius 1 is 1.03 bits per heavy atom. The Morgan fingerprint density at radius 2 is 1.70 bits per heavy atom. The Labute approximate surface area is 186 Å². The standard InChI is InChI=1S/C23H25ClN4OS/c1-17-2-4-18(5-3-17)14-27-10-12-28(13-11-27)15-22(29)26-23-25-21(16-30-23)19-6-8-20(24)9-7-19/h2-9,16H,10-15H2,1H3,(H,25,26,29). The summed E-state index contributed by atoms with van der Waals surface area (Å²) in [5.41, 5.74) is 4.46. The molecule has 7 heteroatoms. The molecule has 0 aliphatic carbocycles. The Bertz CT molecular complexity index is 979. The van der Waals surface area contributed by atoms with Gasteiger partial charge >= 0.3 is 0 Å². The molecule has 1 amide bonds. The lowest BCUT2D eigenvalue weighted by molar-refractivity contribution is -0.117. The van der Waals surface area contributed by atoms with Crippen molar-refractivity contribution in [3.63, 3.8) is 0 Å². The summed E-state index contributed by atoms with van der Waals surface area (Å²) < 4.78 is 0. The van der Waals surface area contributed by atoms with E-state index in [1.165, 1.54) is 22.5 Å². The molecule has 30 heavy (non-hydrogen) atoms. The summed E-state index contributed by atoms with van der Waals surface area (Å²) in [5.74, 6) is -0.0148. The highest BCUT2D eigenvalue weighted by atomic mass is 35.5. The van der Waals surface area contributed by atoms with Crippen molar-refractivity contribution in [2.45, 2.75) is 13.5 Å². The maximum absolute atomic E-state index is 12.5. The van der Waals surface area contributed by atoms with Crippen LogP contribution in [-0.2, 0) is 11.3 Å². The quantitative estimate of drug-likeness (QED) is 0.611. The zero-order valence-corrected chi connectivity index (χ0v) is 18.5. The molecule has 0 unspecified atom stereocenters. The van der Waals surface area contributed by atoms with Gasteiger partial charge in [0.25, 0.3) is 0 Å². The predicted octanol–water partition coefficient (Wildman–Crippen LogP) is 4.53. The maximum atomic E-state index is 12.5. The highest BCUT2D eigenvalue weighted by molar-refractivity contribution is 7.14. The molecule has 0 radical (unpaired) electrons. The highest BCUT2D eigenvalue weighted by Gasteiger charge is 2.19. The van der Waals surface area contributed by atoms with Gasteiger partial charge in [-0.05, 0) is 24.6 Å². The number of carbonyl (C=O) groups excluding carboxylic acids is 1. The van der Waals surface area contributed by atoms with E-state index >= 15 is 0 Å². The molecular formula is C23H25ClN4OS. The minimum Gasteiger partial charge on any atom is -0.301 e. The van der Waals surface area contributed by atoms with Gasteiger partial charge in [-0.2, -0.15) is 0 Å². The summed E-state index contributed by atoms with van der Waals surface area (Å²) in [6, 6.07) is 16.3. The van der Waals surface area contributed by atoms with Gasteiger partial charge < -0.3 is 5.32 Å². The van der Waals surface area contributed by atoms with Crippen LogP contribution in [0.2, 0.25) is 5.02 Å². The van der Waals surface area contributed by atoms with E-state index in [4.69, 9.17) is 11.6 Å². The number of anilines is 1. The fourth-order valence-corrected chi connectivity index (χ4v) is 4.37. The topological polar surface area (TPSA) is 48.5 Å². The van der Waals surface area contributed by atoms with Crippen LogP contribution in [-0.4, -0.2) is 53.4 Å². The first-order valence-electron chi connectivity index (χ1n) is 10.1. The summed E-state index contributed by atoms with van der Waals surface area (Å²) in [7, 11) is 0. The van der Waals surface area contributed by atoms with Gasteiger partial charge in [-0.25, -0.2) is 4.98 Å². The normalized spacial score (nSPS) is 15.3. The molecule has 2 aromatic carbocycles. The van der Waals surface area contributed by atoms with Crippen LogP contribution in [0.4, 0.5) is 5.13 Å². The van der Waals surface area contributed by atoms with Crippen LogP contribution in [0.25, 0.3) is 11.3 Å². The van der Waals surface area contributed by atoms with Crippen LogP contribution in [0.1, 0.15) is 11.1 Å². The predicted molar refractivity (Wildman–Crippen MR) is 124 cm³/mol. The van der Waals surface area contributed by atoms with E-state index in [1.807, 2.05) is 29.6 Å². The molecule has 1 saturated heterocycles. The smallest absolute Gasteiger partial charge is 0.240 e. The molecule has 1 aliphatic heterocycles. The van der Waals surface area contributed by atoms with Crippen LogP contribution in [0.3, 0.4) is 0 Å². The Hall–Kier alpha value is -2.25. The van der Waals surface area contributed by atoms with E-state index in [1.54, 1.807) is 0 Å². The third-order valence-electron chi connectivity index (χ3n) is 5.25. The Balaban J connectivity index is 1.23. The van der Waals surface area contributed by atoms with E-state index in [2.05, 4.69) is 51.3 Å². The third kappa shape index (κ3) is 5.67. The van der Waals surface area contributed by atoms with Crippen LogP contribution >= 0.6 is 22.9 Å². The minimum atomic E-state index is -0.0148. The summed E-state index contributed by atoms with van der Waals surface area (Å²) in [6.45, 7) is 7.21. The number of amides is 1. The molecule has 4 rings (SSSR count). The monoisotopic (exact) mass is 440 g/mol. The number of halogens is 1. The second-order valence-corrected chi connectivity index (χ2v) is 8.93. The molecule has 0 atom stereocenters. The van der Waals surface area contributed by atoms with E-state index in [9.17, 15) is 4.79 Å². The van der Waals surface area contributed by atoms with Gasteiger partial charge in [0.1, 0.15) is 0 Å². The Morgan fingerprint density at radius 3 is 2.40 bits per heavy atom. The molecule has 156 valence electrons. The lowest BCUT2D eigenvalue weighted by Gasteiger charge is -2.34. The van der Waals surface area contributed by atoms with Gasteiger partial charge in [-0.1, -0.05) is 53.6 Å². The number of thiazole rings is 1. The van der Waals surface area contributed by atoms with Crippen molar-refractivity contribution in [1.29, 1.82) is 0 Å². The zero-order chi connectivity index (χ0) is 20.9. The zero-order valence-electron chi connectivity index (χ0n) is 17.0. The average molecular weight is 441 g/mol. The van der Waals surface area contributed by atoms with Gasteiger partial charge in [-0.15, -0.1) is 11.3 Å². The first-order valence-corrected chi connectivity index (χ1v) is 11.3. The third-order valence-corrected chi connectivity index (χ3v) is 6.26. The molecule has 2 heterocycles. The molecule has 1 aliphatic rings. The summed E-state index contributed by atoms with van der Waals surface area (Å²) in [6.07, 6.45) is 0. The fraction of sp³-hybridized carbons (Fsp3) is 0.304. The van der Waals surface area contributed by atoms with E-state index in [-0.39, 0.29) is 5.91 Å². The van der Waals surface area contributed by atoms with Crippen molar-refractivity contribution in [3.05, 3.63) is 70.1 Å². The van der Waals surface area contributed by atoms with Gasteiger partial charge in [0, 0.05) is 48.7 Å². The van der Waals surface area contributed by atoms with Gasteiger partial charge in [0.2, 0.25) is 5.91 Å². The molecule has 0 saturated carbocycles. The lowest BCUT2D eigenvalue weighted by Crippen LogP contribution is -2.48. The number of carbonyl (C=O) groups is 1. The van der Waals surface area contributed by atoms with E-state index in [0.29, 0.717) is 16.7 Å². The van der Waals surface area contributed by atoms with Crippen LogP contribution in [0, 0.1) is 6.92 Å². The molecule has 3 aromatic rings. The number of aryl methyl sites for hydroxylation is 1. The van der Waals surface area contributed by atoms with Crippen molar-refractivity contribution >= 4 is 34.0 Å². The SMILES string of the molecule is Cc1ccc(CN2CCN(CC(=O)Nc3nc(-c4ccc(Cl)cc4)cs3)CC2)cc1. The largest absolute Gasteiger partial charge is 0.301 e. The van der Waals surface area contributed by atoms with Gasteiger partial charge in [0.15, 0.2) is 5.13 Å². The van der Waals surface area contributed by atoms with Crippen molar-refractivity contribution in [2.75, 3.05) is 38.0 Å². The first-order chi connectivity index (χ1) is 14.5. The van der Waals surface area contributed by atoms with Crippen LogP contribution in [0.5, 0.6) is 0 Å². The number of rotatable bonds is 6. The molecule has 1 aromatic heterocycles. The lowest BCUT2D eigenvalue weighted by atomic mass is 10.1. The molecule has 0 bridgehead atoms. The minimum absolute atomic E-state index is 0.0148. The average Bonchev–Trinajstić information content (AvgIpc) is 3.20. The maximum Gasteiger partial charge on any atom is 0.240 e. The number of nitrogens with zero attached hydrogens (tertiary/aromatic N) is 3. The second kappa shape index (κ2) is 9.71. The number of piperazine rings is 1. The van der Waals surface area contributed by atoms with Crippen molar-refractivity contribution in [2.24, 2.45) is 0 Å². The number of aromatic nitrogens is 1. The van der Waals surface area contributed by atoms with Crippen LogP contribution < -0.4 is 5.32 Å². The highest BCUT2D eigenvalue weighted by Crippen LogP contribution is 2.26. The summed E-state index contributed by atoms with van der Waals surface area (Å²) >= 11 is 7.38. The van der Waals surface area contributed by atoms with E-state index in [0.717, 1.165) is 44.0 Å². The van der Waals surface area contributed by atoms with E-state index < -0.39 is 0 Å². The van der Waals surface area contributed by atoms with Crippen molar-refractivity contribution in [3.8, 4) is 11.3 Å². The molecular weight excluding hydrogens is 416 g/mol. The van der Waals surface area contributed by atoms with Crippen molar-refractivity contribution < 1.29 is 4.79 Å². The number of hydrogen-bond donors (Lipinski definition) is 1. The molecule has 1 N–H and O–H groups in total. The van der Waals surface area contributed by atoms with Crippen molar-refractivity contribution in [1.82, 2.24) is 14.8 Å². The molecule has 0 spiro atoms. The molecule has 1 fully saturated rings. The summed E-state index contributed by atoms with van der Waals surface area (Å²) in [4.78, 5) is 21.6. The first kappa shape index (κ1) is 21.0. The Kier molecular flexibility index (Phi) is 6.79. The number of hydrogen-bond acceptors (Lipinski definition) is 5. The second-order valence-electron chi connectivity index (χ2n) is 7.63. The summed E-state index contributed by atoms with van der Waals surface area (Å²) in [5, 5.41) is 6.20. The number of benzene rings is 2. The van der Waals surface area contributed by atoms with Crippen LogP contribution in [0.15, 0.2) is 53.9 Å². The van der Waals surface area contributed by atoms with Gasteiger partial charge in [-0.3, -0.25) is 14.6 Å². The fourth-order valence-electron chi connectivity index (χ4n) is 3.50. The van der Waals surface area contributed by atoms with Gasteiger partial charge in [0.05, 0.1) is 12.2 Å². The molecule has 5 nitrogen and oxygen atoms in total. The number of nitrogens with one attached hydrogen (secondary N) is 1.